The van der Waals surface area contributed by atoms with Crippen molar-refractivity contribution >= 4 is 5.69 Å². The molecule has 39 heavy (non-hydrogen) atoms. The zero-order valence-corrected chi connectivity index (χ0v) is 21.2. The van der Waals surface area contributed by atoms with Crippen LogP contribution >= 0.6 is 0 Å². The minimum Gasteiger partial charge on any atom is -0.486 e. The molecule has 0 bridgehead atoms. The number of hydrogen-bond donors (Lipinski definition) is 1. The molecule has 3 aromatic rings. The van der Waals surface area contributed by atoms with Crippen molar-refractivity contribution in [2.75, 3.05) is 11.4 Å². The van der Waals surface area contributed by atoms with Crippen molar-refractivity contribution in [3.8, 4) is 5.75 Å². The smallest absolute Gasteiger partial charge is 0.458 e. The number of anilines is 1. The molecule has 3 nitrogen and oxygen atoms in total. The van der Waals surface area contributed by atoms with Crippen LogP contribution in [-0.4, -0.2) is 30.1 Å². The van der Waals surface area contributed by atoms with Gasteiger partial charge in [0.15, 0.2) is 6.10 Å². The van der Waals surface area contributed by atoms with Crippen molar-refractivity contribution in [2.45, 2.75) is 57.8 Å². The van der Waals surface area contributed by atoms with Gasteiger partial charge in [0.05, 0.1) is 6.54 Å². The van der Waals surface area contributed by atoms with Crippen molar-refractivity contribution in [3.63, 3.8) is 0 Å². The van der Waals surface area contributed by atoms with Crippen molar-refractivity contribution in [1.82, 2.24) is 0 Å². The first-order valence-electron chi connectivity index (χ1n) is 11.9. The lowest BCUT2D eigenvalue weighted by molar-refractivity contribution is -0.289. The predicted molar refractivity (Wildman–Crippen MR) is 131 cm³/mol. The molecule has 1 unspecified atom stereocenters. The summed E-state index contributed by atoms with van der Waals surface area (Å²) in [7, 11) is 0. The summed E-state index contributed by atoms with van der Waals surface area (Å²) in [5, 5.41) is 9.73. The van der Waals surface area contributed by atoms with E-state index in [1.54, 1.807) is 13.0 Å². The van der Waals surface area contributed by atoms with E-state index in [1.165, 1.54) is 24.3 Å². The molecule has 2 atom stereocenters. The van der Waals surface area contributed by atoms with Crippen LogP contribution in [0, 0.1) is 13.8 Å². The zero-order chi connectivity index (χ0) is 29.2. The summed E-state index contributed by atoms with van der Waals surface area (Å²) in [5.41, 5.74) is 1.57. The quantitative estimate of drug-likeness (QED) is 0.269. The number of benzene rings is 3. The van der Waals surface area contributed by atoms with E-state index in [4.69, 9.17) is 4.74 Å². The predicted octanol–water partition coefficient (Wildman–Crippen LogP) is 8.03. The first-order chi connectivity index (χ1) is 18.0. The molecule has 0 aliphatic rings. The highest BCUT2D eigenvalue weighted by Crippen LogP contribution is 2.44. The SMILES string of the molecule is Cc1cc(C)cc(C(C)Oc2cccc(N(Cc3cccc(C(F)(F)C(F)(F)F)c3)C[C@@H](O)C(F)(F)F)c2)c1. The fraction of sp³-hybridized carbons (Fsp3) is 0.357. The Hall–Kier alpha value is -3.34. The number of nitrogens with zero attached hydrogens (tertiary/aromatic N) is 1. The van der Waals surface area contributed by atoms with Crippen molar-refractivity contribution in [3.05, 3.63) is 94.5 Å². The van der Waals surface area contributed by atoms with E-state index in [0.717, 1.165) is 27.7 Å². The van der Waals surface area contributed by atoms with Crippen LogP contribution < -0.4 is 9.64 Å². The highest BCUT2D eigenvalue weighted by atomic mass is 19.4. The summed E-state index contributed by atoms with van der Waals surface area (Å²) in [5.74, 6) is -4.87. The molecule has 3 aromatic carbocycles. The van der Waals surface area contributed by atoms with E-state index in [-0.39, 0.29) is 17.0 Å². The average molecular weight is 562 g/mol. The van der Waals surface area contributed by atoms with Crippen LogP contribution in [-0.2, 0) is 12.5 Å². The van der Waals surface area contributed by atoms with Gasteiger partial charge in [-0.25, -0.2) is 0 Å². The van der Waals surface area contributed by atoms with Crippen LogP contribution in [0.25, 0.3) is 0 Å². The summed E-state index contributed by atoms with van der Waals surface area (Å²) >= 11 is 0. The van der Waals surface area contributed by atoms with Crippen LogP contribution in [0.1, 0.15) is 40.8 Å². The van der Waals surface area contributed by atoms with Gasteiger partial charge in [0.25, 0.3) is 0 Å². The van der Waals surface area contributed by atoms with Gasteiger partial charge in [-0.15, -0.1) is 0 Å². The van der Waals surface area contributed by atoms with Crippen LogP contribution in [0.4, 0.5) is 40.8 Å². The molecule has 0 fully saturated rings. The van der Waals surface area contributed by atoms with E-state index in [2.05, 4.69) is 0 Å². The third kappa shape index (κ3) is 7.62. The Bertz CT molecular complexity index is 1250. The van der Waals surface area contributed by atoms with Gasteiger partial charge in [0.1, 0.15) is 11.9 Å². The number of aliphatic hydroxyl groups excluding tert-OH is 1. The largest absolute Gasteiger partial charge is 0.486 e. The Morgan fingerprint density at radius 3 is 2.03 bits per heavy atom. The Kier molecular flexibility index (Phi) is 8.84. The lowest BCUT2D eigenvalue weighted by Gasteiger charge is -2.29. The van der Waals surface area contributed by atoms with Gasteiger partial charge < -0.3 is 14.7 Å². The first-order valence-corrected chi connectivity index (χ1v) is 11.9. The standard InChI is InChI=1S/C28H27F8NO2/c1-17-10-18(2)12-21(11-17)19(3)39-24-9-5-8-23(14-24)37(16-25(38)27(31,32)33)15-20-6-4-7-22(13-20)26(29,30)28(34,35)36/h4-14,19,25,38H,15-16H2,1-3H3/t19?,25-/m1/s1. The fourth-order valence-corrected chi connectivity index (χ4v) is 4.09. The van der Waals surface area contributed by atoms with Crippen molar-refractivity contribution < 1.29 is 45.0 Å². The lowest BCUT2D eigenvalue weighted by Crippen LogP contribution is -2.41. The van der Waals surface area contributed by atoms with Gasteiger partial charge in [-0.1, -0.05) is 53.6 Å². The molecule has 0 aliphatic heterocycles. The average Bonchev–Trinajstić information content (AvgIpc) is 2.82. The van der Waals surface area contributed by atoms with E-state index in [0.29, 0.717) is 12.1 Å². The lowest BCUT2D eigenvalue weighted by atomic mass is 10.0. The number of halogens is 8. The second-order valence-corrected chi connectivity index (χ2v) is 9.39. The molecule has 3 rings (SSSR count). The molecular weight excluding hydrogens is 534 g/mol. The fourth-order valence-electron chi connectivity index (χ4n) is 4.09. The summed E-state index contributed by atoms with van der Waals surface area (Å²) in [6.07, 6.45) is -14.1. The highest BCUT2D eigenvalue weighted by molar-refractivity contribution is 5.52. The van der Waals surface area contributed by atoms with Crippen LogP contribution in [0.5, 0.6) is 5.75 Å². The molecule has 0 radical (unpaired) electrons. The third-order valence-electron chi connectivity index (χ3n) is 6.00. The molecule has 11 heteroatoms. The van der Waals surface area contributed by atoms with Crippen LogP contribution in [0.3, 0.4) is 0 Å². The highest BCUT2D eigenvalue weighted by Gasteiger charge is 2.58. The van der Waals surface area contributed by atoms with E-state index in [1.807, 2.05) is 32.0 Å². The maximum Gasteiger partial charge on any atom is 0.458 e. The normalized spacial score (nSPS) is 14.2. The van der Waals surface area contributed by atoms with Gasteiger partial charge in [0.2, 0.25) is 0 Å². The molecule has 0 saturated heterocycles. The molecular formula is C28H27F8NO2. The Morgan fingerprint density at radius 1 is 0.821 bits per heavy atom. The van der Waals surface area contributed by atoms with Crippen molar-refractivity contribution in [1.29, 1.82) is 0 Å². The monoisotopic (exact) mass is 561 g/mol. The number of hydrogen-bond acceptors (Lipinski definition) is 3. The third-order valence-corrected chi connectivity index (χ3v) is 6.00. The summed E-state index contributed by atoms with van der Waals surface area (Å²) in [6, 6.07) is 15.1. The maximum atomic E-state index is 13.9. The van der Waals surface area contributed by atoms with Gasteiger partial charge >= 0.3 is 18.3 Å². The molecule has 1 N–H and O–H groups in total. The van der Waals surface area contributed by atoms with E-state index in [9.17, 15) is 40.2 Å². The number of aliphatic hydroxyl groups is 1. The molecule has 0 aliphatic carbocycles. The molecule has 0 spiro atoms. The van der Waals surface area contributed by atoms with Gasteiger partial charge in [-0.05, 0) is 50.1 Å². The molecule has 0 amide bonds. The number of ether oxygens (including phenoxy) is 1. The number of alkyl halides is 8. The number of rotatable bonds is 9. The second kappa shape index (κ2) is 11.4. The van der Waals surface area contributed by atoms with Crippen LogP contribution in [0.2, 0.25) is 0 Å². The Labute approximate surface area is 220 Å². The summed E-state index contributed by atoms with van der Waals surface area (Å²) < 4.78 is 112. The van der Waals surface area contributed by atoms with E-state index < -0.39 is 49.1 Å². The van der Waals surface area contributed by atoms with Gasteiger partial charge in [-0.2, -0.15) is 35.1 Å². The second-order valence-electron chi connectivity index (χ2n) is 9.39. The minimum absolute atomic E-state index is 0.110. The molecule has 212 valence electrons. The molecule has 0 heterocycles. The van der Waals surface area contributed by atoms with E-state index >= 15 is 0 Å². The topological polar surface area (TPSA) is 32.7 Å². The Morgan fingerprint density at radius 2 is 1.44 bits per heavy atom. The van der Waals surface area contributed by atoms with Crippen molar-refractivity contribution in [2.24, 2.45) is 0 Å². The summed E-state index contributed by atoms with van der Waals surface area (Å²) in [4.78, 5) is 1.04. The first kappa shape index (κ1) is 30.2. The van der Waals surface area contributed by atoms with Crippen LogP contribution in [0.15, 0.2) is 66.7 Å². The minimum atomic E-state index is -5.85. The molecule has 0 aromatic heterocycles. The zero-order valence-electron chi connectivity index (χ0n) is 21.2. The van der Waals surface area contributed by atoms with Gasteiger partial charge in [-0.3, -0.25) is 0 Å². The molecule has 0 saturated carbocycles. The maximum absolute atomic E-state index is 13.9. The summed E-state index contributed by atoms with van der Waals surface area (Å²) in [6.45, 7) is 4.14. The van der Waals surface area contributed by atoms with Gasteiger partial charge in [0, 0.05) is 23.9 Å². The number of aryl methyl sites for hydroxylation is 2. The Balaban J connectivity index is 1.93.